The number of nitro benzene ring substituents is 2. The lowest BCUT2D eigenvalue weighted by molar-refractivity contribution is -0.385. The van der Waals surface area contributed by atoms with Crippen molar-refractivity contribution in [2.24, 2.45) is 0 Å². The van der Waals surface area contributed by atoms with E-state index in [-0.39, 0.29) is 35.2 Å². The van der Waals surface area contributed by atoms with Crippen molar-refractivity contribution >= 4 is 28.8 Å². The fourth-order valence-corrected chi connectivity index (χ4v) is 3.71. The Morgan fingerprint density at radius 2 is 1.71 bits per heavy atom. The van der Waals surface area contributed by atoms with Gasteiger partial charge < -0.3 is 14.7 Å². The van der Waals surface area contributed by atoms with Gasteiger partial charge in [0.25, 0.3) is 23.1 Å². The van der Waals surface area contributed by atoms with Crippen LogP contribution < -0.4 is 0 Å². The van der Waals surface area contributed by atoms with Gasteiger partial charge >= 0.3 is 0 Å². The maximum atomic E-state index is 13.0. The molecular formula is C23H23N3O8. The van der Waals surface area contributed by atoms with Gasteiger partial charge in [0.05, 0.1) is 27.6 Å². The Morgan fingerprint density at radius 1 is 1.06 bits per heavy atom. The fourth-order valence-electron chi connectivity index (χ4n) is 3.71. The number of hydrogen-bond acceptors (Lipinski definition) is 8. The van der Waals surface area contributed by atoms with E-state index in [0.29, 0.717) is 18.6 Å². The minimum absolute atomic E-state index is 0.00209. The Balaban J connectivity index is 2.08. The lowest BCUT2D eigenvalue weighted by Crippen LogP contribution is -2.31. The second-order valence-corrected chi connectivity index (χ2v) is 7.92. The molecule has 1 saturated heterocycles. The number of benzene rings is 2. The summed E-state index contributed by atoms with van der Waals surface area (Å²) in [5.41, 5.74) is -0.339. The number of nitro groups is 2. The summed E-state index contributed by atoms with van der Waals surface area (Å²) in [6.45, 7) is 4.19. The smallest absolute Gasteiger partial charge is 0.295 e. The molecule has 1 heterocycles. The number of amides is 1. The monoisotopic (exact) mass is 469 g/mol. The lowest BCUT2D eigenvalue weighted by Gasteiger charge is -2.25. The Morgan fingerprint density at radius 3 is 2.29 bits per heavy atom. The van der Waals surface area contributed by atoms with Crippen molar-refractivity contribution < 1.29 is 29.3 Å². The van der Waals surface area contributed by atoms with Gasteiger partial charge in [0.1, 0.15) is 5.76 Å². The number of ketones is 1. The summed E-state index contributed by atoms with van der Waals surface area (Å²) in [6.07, 6.45) is 0.390. The van der Waals surface area contributed by atoms with Crippen LogP contribution in [0.25, 0.3) is 5.76 Å². The molecule has 3 rings (SSSR count). The molecule has 11 heteroatoms. The molecule has 2 aromatic carbocycles. The van der Waals surface area contributed by atoms with Crippen molar-refractivity contribution in [3.63, 3.8) is 0 Å². The van der Waals surface area contributed by atoms with E-state index in [1.165, 1.54) is 47.4 Å². The number of non-ortho nitro benzene ring substituents is 2. The Bertz CT molecular complexity index is 1160. The number of aliphatic hydroxyl groups is 1. The first kappa shape index (κ1) is 24.5. The highest BCUT2D eigenvalue weighted by atomic mass is 16.6. The second kappa shape index (κ2) is 10.2. The molecule has 0 aromatic heterocycles. The molecule has 0 radical (unpaired) electrons. The molecule has 1 atom stereocenters. The molecule has 0 aliphatic carbocycles. The zero-order valence-corrected chi connectivity index (χ0v) is 18.5. The first-order valence-corrected chi connectivity index (χ1v) is 10.5. The van der Waals surface area contributed by atoms with Crippen LogP contribution >= 0.6 is 0 Å². The van der Waals surface area contributed by atoms with Crippen LogP contribution in [0.3, 0.4) is 0 Å². The predicted molar refractivity (Wildman–Crippen MR) is 121 cm³/mol. The Kier molecular flexibility index (Phi) is 7.37. The van der Waals surface area contributed by atoms with Crippen molar-refractivity contribution in [1.29, 1.82) is 0 Å². The molecule has 1 amide bonds. The van der Waals surface area contributed by atoms with Gasteiger partial charge in [0, 0.05) is 43.0 Å². The van der Waals surface area contributed by atoms with Crippen molar-refractivity contribution in [2.45, 2.75) is 32.4 Å². The van der Waals surface area contributed by atoms with Gasteiger partial charge in [-0.15, -0.1) is 0 Å². The molecule has 178 valence electrons. The minimum Gasteiger partial charge on any atom is -0.507 e. The molecule has 0 saturated carbocycles. The van der Waals surface area contributed by atoms with Crippen molar-refractivity contribution in [2.75, 3.05) is 13.2 Å². The van der Waals surface area contributed by atoms with E-state index in [0.717, 1.165) is 6.07 Å². The zero-order chi connectivity index (χ0) is 25.0. The summed E-state index contributed by atoms with van der Waals surface area (Å²) in [4.78, 5) is 48.1. The first-order valence-electron chi connectivity index (χ1n) is 10.5. The van der Waals surface area contributed by atoms with Crippen LogP contribution in [0.1, 0.15) is 37.4 Å². The van der Waals surface area contributed by atoms with Gasteiger partial charge in [-0.2, -0.15) is 0 Å². The van der Waals surface area contributed by atoms with E-state index in [9.17, 15) is 34.9 Å². The molecule has 0 spiro atoms. The molecule has 2 aromatic rings. The summed E-state index contributed by atoms with van der Waals surface area (Å²) in [5.74, 6) is -2.36. The summed E-state index contributed by atoms with van der Waals surface area (Å²) in [7, 11) is 0. The maximum absolute atomic E-state index is 13.0. The third-order valence-corrected chi connectivity index (χ3v) is 5.28. The van der Waals surface area contributed by atoms with Gasteiger partial charge in [-0.3, -0.25) is 29.8 Å². The van der Waals surface area contributed by atoms with Crippen LogP contribution in [0, 0.1) is 20.2 Å². The van der Waals surface area contributed by atoms with E-state index < -0.39 is 33.3 Å². The third-order valence-electron chi connectivity index (χ3n) is 5.28. The highest BCUT2D eigenvalue weighted by molar-refractivity contribution is 6.46. The Labute approximate surface area is 194 Å². The quantitative estimate of drug-likeness (QED) is 0.145. The average molecular weight is 469 g/mol. The molecule has 1 N–H and O–H groups in total. The van der Waals surface area contributed by atoms with Crippen LogP contribution in [-0.2, 0) is 14.3 Å². The number of carbonyl (C=O) groups is 2. The Hall–Kier alpha value is -4.12. The normalized spacial score (nSPS) is 17.4. The SMILES string of the molecule is CC(C)OCCCN1C(=O)C(=O)C(=C(O)c2cccc([N+](=O)[O-])c2)[C@H]1c1ccc([N+](=O)[O-])cc1. The predicted octanol–water partition coefficient (Wildman–Crippen LogP) is 3.74. The van der Waals surface area contributed by atoms with Crippen molar-refractivity contribution in [3.05, 3.63) is 85.5 Å². The van der Waals surface area contributed by atoms with E-state index in [4.69, 9.17) is 4.74 Å². The number of ether oxygens (including phenoxy) is 1. The molecule has 0 bridgehead atoms. The van der Waals surface area contributed by atoms with Crippen LogP contribution in [0.15, 0.2) is 54.1 Å². The van der Waals surface area contributed by atoms with Crippen LogP contribution in [0.5, 0.6) is 0 Å². The molecule has 1 fully saturated rings. The number of Topliss-reactive ketones (excluding diaryl/α,β-unsaturated/α-hetero) is 1. The molecule has 11 nitrogen and oxygen atoms in total. The minimum atomic E-state index is -1.03. The molecule has 1 aliphatic rings. The number of likely N-dealkylation sites (tertiary alicyclic amines) is 1. The zero-order valence-electron chi connectivity index (χ0n) is 18.5. The van der Waals surface area contributed by atoms with E-state index in [2.05, 4.69) is 0 Å². The van der Waals surface area contributed by atoms with E-state index >= 15 is 0 Å². The average Bonchev–Trinajstić information content (AvgIpc) is 3.06. The van der Waals surface area contributed by atoms with Gasteiger partial charge in [-0.25, -0.2) is 0 Å². The standard InChI is InChI=1S/C23H23N3O8/c1-14(2)34-12-4-11-24-20(15-7-9-17(10-8-15)25(30)31)19(22(28)23(24)29)21(27)16-5-3-6-18(13-16)26(32)33/h3,5-10,13-14,20,27H,4,11-12H2,1-2H3/t20-/m1/s1. The lowest BCUT2D eigenvalue weighted by atomic mass is 9.95. The molecule has 1 aliphatic heterocycles. The topological polar surface area (TPSA) is 153 Å². The molecular weight excluding hydrogens is 446 g/mol. The maximum Gasteiger partial charge on any atom is 0.295 e. The van der Waals surface area contributed by atoms with Gasteiger partial charge in [0.2, 0.25) is 0 Å². The summed E-state index contributed by atoms with van der Waals surface area (Å²) >= 11 is 0. The largest absolute Gasteiger partial charge is 0.507 e. The third kappa shape index (κ3) is 5.09. The van der Waals surface area contributed by atoms with Gasteiger partial charge in [-0.1, -0.05) is 12.1 Å². The second-order valence-electron chi connectivity index (χ2n) is 7.92. The number of aliphatic hydroxyl groups excluding tert-OH is 1. The van der Waals surface area contributed by atoms with Gasteiger partial charge in [-0.05, 0) is 38.0 Å². The van der Waals surface area contributed by atoms with Crippen LogP contribution in [0.2, 0.25) is 0 Å². The summed E-state index contributed by atoms with van der Waals surface area (Å²) < 4.78 is 5.50. The van der Waals surface area contributed by atoms with E-state index in [1.807, 2.05) is 13.8 Å². The summed E-state index contributed by atoms with van der Waals surface area (Å²) in [6, 6.07) is 9.35. The molecule has 0 unspecified atom stereocenters. The number of hydrogen-bond donors (Lipinski definition) is 1. The summed E-state index contributed by atoms with van der Waals surface area (Å²) in [5, 5.41) is 33.2. The van der Waals surface area contributed by atoms with Crippen molar-refractivity contribution in [1.82, 2.24) is 4.90 Å². The van der Waals surface area contributed by atoms with Crippen LogP contribution in [-0.4, -0.2) is 50.8 Å². The molecule has 34 heavy (non-hydrogen) atoms. The fraction of sp³-hybridized carbons (Fsp3) is 0.304. The highest BCUT2D eigenvalue weighted by Crippen LogP contribution is 2.40. The van der Waals surface area contributed by atoms with Crippen LogP contribution in [0.4, 0.5) is 11.4 Å². The number of rotatable bonds is 9. The number of nitrogens with zero attached hydrogens (tertiary/aromatic N) is 3. The van der Waals surface area contributed by atoms with E-state index in [1.54, 1.807) is 0 Å². The van der Waals surface area contributed by atoms with Gasteiger partial charge in [0.15, 0.2) is 0 Å². The number of carbonyl (C=O) groups excluding carboxylic acids is 2. The first-order chi connectivity index (χ1) is 16.1. The van der Waals surface area contributed by atoms with Crippen molar-refractivity contribution in [3.8, 4) is 0 Å². The highest BCUT2D eigenvalue weighted by Gasteiger charge is 2.46.